The van der Waals surface area contributed by atoms with E-state index in [1.54, 1.807) is 17.8 Å². The summed E-state index contributed by atoms with van der Waals surface area (Å²) < 4.78 is 8.26. The molecule has 0 aliphatic heterocycles. The van der Waals surface area contributed by atoms with Crippen LogP contribution in [0.25, 0.3) is 11.6 Å². The highest BCUT2D eigenvalue weighted by molar-refractivity contribution is 9.10. The van der Waals surface area contributed by atoms with Crippen molar-refractivity contribution in [3.05, 3.63) is 50.6 Å². The minimum absolute atomic E-state index is 0.558. The molecule has 120 valence electrons. The van der Waals surface area contributed by atoms with Crippen molar-refractivity contribution in [2.75, 3.05) is 0 Å². The second-order valence-corrected chi connectivity index (χ2v) is 7.23. The van der Waals surface area contributed by atoms with Crippen molar-refractivity contribution in [1.29, 1.82) is 0 Å². The summed E-state index contributed by atoms with van der Waals surface area (Å²) in [6.45, 7) is 2.80. The van der Waals surface area contributed by atoms with Crippen LogP contribution in [0, 0.1) is 0 Å². The molecular formula is C15H12BrCl2N3OS. The maximum Gasteiger partial charge on any atom is 0.200 e. The van der Waals surface area contributed by atoms with Crippen molar-refractivity contribution in [2.45, 2.75) is 24.4 Å². The van der Waals surface area contributed by atoms with Crippen LogP contribution in [0.5, 0.6) is 0 Å². The highest BCUT2D eigenvalue weighted by Crippen LogP contribution is 2.30. The largest absolute Gasteiger partial charge is 0.446 e. The first-order valence-electron chi connectivity index (χ1n) is 6.84. The number of nitrogens with zero attached hydrogens (tertiary/aromatic N) is 3. The molecule has 0 N–H and O–H groups in total. The molecule has 0 atom stereocenters. The van der Waals surface area contributed by atoms with Gasteiger partial charge in [0.25, 0.3) is 0 Å². The van der Waals surface area contributed by atoms with Crippen molar-refractivity contribution in [3.8, 4) is 11.6 Å². The van der Waals surface area contributed by atoms with Gasteiger partial charge in [-0.05, 0) is 52.7 Å². The molecule has 0 spiro atoms. The maximum absolute atomic E-state index is 6.05. The molecule has 3 rings (SSSR count). The smallest absolute Gasteiger partial charge is 0.200 e. The van der Waals surface area contributed by atoms with E-state index in [9.17, 15) is 0 Å². The number of halogens is 3. The third-order valence-electron chi connectivity index (χ3n) is 3.18. The Morgan fingerprint density at radius 1 is 1.17 bits per heavy atom. The molecule has 1 aromatic carbocycles. The summed E-state index contributed by atoms with van der Waals surface area (Å²) in [5.41, 5.74) is 1.08. The Bertz CT molecular complexity index is 834. The quantitative estimate of drug-likeness (QED) is 0.469. The van der Waals surface area contributed by atoms with E-state index in [1.807, 2.05) is 35.8 Å². The number of aromatic nitrogens is 3. The zero-order valence-electron chi connectivity index (χ0n) is 12.1. The van der Waals surface area contributed by atoms with Crippen LogP contribution in [0.2, 0.25) is 10.0 Å². The number of hydrogen-bond acceptors (Lipinski definition) is 4. The topological polar surface area (TPSA) is 43.9 Å². The Kier molecular flexibility index (Phi) is 5.36. The molecule has 0 aliphatic carbocycles. The van der Waals surface area contributed by atoms with Gasteiger partial charge < -0.3 is 4.42 Å². The van der Waals surface area contributed by atoms with Crippen LogP contribution in [-0.2, 0) is 12.3 Å². The molecule has 0 bridgehead atoms. The van der Waals surface area contributed by atoms with Crippen molar-refractivity contribution in [3.63, 3.8) is 0 Å². The number of furan rings is 1. The predicted molar refractivity (Wildman–Crippen MR) is 97.1 cm³/mol. The number of thioether (sulfide) groups is 1. The fraction of sp³-hybridized carbons (Fsp3) is 0.200. The standard InChI is InChI=1S/C15H12BrCl2N3OS/c1-2-21-14(12-5-6-13(16)22-12)19-20-15(21)23-8-9-3-4-10(17)11(18)7-9/h3-7H,2,8H2,1H3. The molecule has 0 fully saturated rings. The molecule has 2 heterocycles. The zero-order chi connectivity index (χ0) is 16.4. The lowest BCUT2D eigenvalue weighted by Gasteiger charge is -2.06. The van der Waals surface area contributed by atoms with Crippen LogP contribution >= 0.6 is 50.9 Å². The van der Waals surface area contributed by atoms with Crippen LogP contribution in [-0.4, -0.2) is 14.8 Å². The predicted octanol–water partition coefficient (Wildman–Crippen LogP) is 5.92. The fourth-order valence-electron chi connectivity index (χ4n) is 2.07. The van der Waals surface area contributed by atoms with Crippen molar-refractivity contribution < 1.29 is 4.42 Å². The third kappa shape index (κ3) is 3.76. The Labute approximate surface area is 156 Å². The first-order valence-corrected chi connectivity index (χ1v) is 9.37. The Morgan fingerprint density at radius 3 is 2.65 bits per heavy atom. The Balaban J connectivity index is 1.80. The molecule has 23 heavy (non-hydrogen) atoms. The van der Waals surface area contributed by atoms with Crippen molar-refractivity contribution in [1.82, 2.24) is 14.8 Å². The molecule has 4 nitrogen and oxygen atoms in total. The van der Waals surface area contributed by atoms with Crippen molar-refractivity contribution in [2.24, 2.45) is 0 Å². The van der Waals surface area contributed by atoms with Gasteiger partial charge in [-0.1, -0.05) is 41.0 Å². The molecule has 8 heteroatoms. The normalized spacial score (nSPS) is 11.1. The van der Waals surface area contributed by atoms with Gasteiger partial charge in [0.05, 0.1) is 10.0 Å². The Hall–Kier alpha value is -0.950. The summed E-state index contributed by atoms with van der Waals surface area (Å²) in [7, 11) is 0. The summed E-state index contributed by atoms with van der Waals surface area (Å²) in [5.74, 6) is 2.14. The van der Waals surface area contributed by atoms with Crippen LogP contribution in [0.15, 0.2) is 44.6 Å². The zero-order valence-corrected chi connectivity index (χ0v) is 16.0. The van der Waals surface area contributed by atoms with Crippen LogP contribution < -0.4 is 0 Å². The number of rotatable bonds is 5. The summed E-state index contributed by atoms with van der Waals surface area (Å²) in [6.07, 6.45) is 0. The maximum atomic E-state index is 6.05. The highest BCUT2D eigenvalue weighted by atomic mass is 79.9. The summed E-state index contributed by atoms with van der Waals surface area (Å²) >= 11 is 16.9. The van der Waals surface area contributed by atoms with E-state index in [4.69, 9.17) is 27.6 Å². The van der Waals surface area contributed by atoms with Gasteiger partial charge in [0.15, 0.2) is 15.6 Å². The van der Waals surface area contributed by atoms with Crippen molar-refractivity contribution >= 4 is 50.9 Å². The Morgan fingerprint density at radius 2 is 2.00 bits per heavy atom. The average molecular weight is 433 g/mol. The second kappa shape index (κ2) is 7.30. The van der Waals surface area contributed by atoms with Crippen LogP contribution in [0.4, 0.5) is 0 Å². The molecule has 0 radical (unpaired) electrons. The first kappa shape index (κ1) is 16.9. The van der Waals surface area contributed by atoms with Gasteiger partial charge >= 0.3 is 0 Å². The van der Waals surface area contributed by atoms with Crippen LogP contribution in [0.3, 0.4) is 0 Å². The van der Waals surface area contributed by atoms with Gasteiger partial charge in [0, 0.05) is 12.3 Å². The second-order valence-electron chi connectivity index (χ2n) is 4.69. The van der Waals surface area contributed by atoms with E-state index in [0.29, 0.717) is 20.5 Å². The molecule has 0 amide bonds. The molecule has 3 aromatic rings. The summed E-state index contributed by atoms with van der Waals surface area (Å²) in [5, 5.41) is 10.5. The monoisotopic (exact) mass is 431 g/mol. The molecular weight excluding hydrogens is 421 g/mol. The van der Waals surface area contributed by atoms with E-state index in [-0.39, 0.29) is 0 Å². The third-order valence-corrected chi connectivity index (χ3v) is 5.38. The number of benzene rings is 1. The average Bonchev–Trinajstić information content (AvgIpc) is 3.14. The summed E-state index contributed by atoms with van der Waals surface area (Å²) in [4.78, 5) is 0. The number of hydrogen-bond donors (Lipinski definition) is 0. The lowest BCUT2D eigenvalue weighted by atomic mass is 10.2. The van der Waals surface area contributed by atoms with Gasteiger partial charge in [-0.25, -0.2) is 0 Å². The van der Waals surface area contributed by atoms with Gasteiger partial charge in [-0.2, -0.15) is 0 Å². The lowest BCUT2D eigenvalue weighted by Crippen LogP contribution is -1.99. The van der Waals surface area contributed by atoms with Gasteiger partial charge in [-0.15, -0.1) is 10.2 Å². The lowest BCUT2D eigenvalue weighted by molar-refractivity contribution is 0.543. The molecule has 0 unspecified atom stereocenters. The van der Waals surface area contributed by atoms with Gasteiger partial charge in [0.2, 0.25) is 5.82 Å². The van der Waals surface area contributed by atoms with Crippen LogP contribution in [0.1, 0.15) is 12.5 Å². The van der Waals surface area contributed by atoms with Gasteiger partial charge in [-0.3, -0.25) is 4.57 Å². The first-order chi connectivity index (χ1) is 11.1. The minimum atomic E-state index is 0.558. The molecule has 2 aromatic heterocycles. The van der Waals surface area contributed by atoms with E-state index in [2.05, 4.69) is 26.1 Å². The molecule has 0 aliphatic rings. The minimum Gasteiger partial charge on any atom is -0.446 e. The fourth-order valence-corrected chi connectivity index (χ4v) is 3.65. The SMILES string of the molecule is CCn1c(SCc2ccc(Cl)c(Cl)c2)nnc1-c1ccc(Br)o1. The van der Waals surface area contributed by atoms with Gasteiger partial charge in [0.1, 0.15) is 0 Å². The molecule has 0 saturated carbocycles. The summed E-state index contributed by atoms with van der Waals surface area (Å²) in [6, 6.07) is 9.34. The highest BCUT2D eigenvalue weighted by Gasteiger charge is 2.16. The molecule has 0 saturated heterocycles. The van der Waals surface area contributed by atoms with E-state index in [0.717, 1.165) is 28.8 Å². The van der Waals surface area contributed by atoms with E-state index < -0.39 is 0 Å². The van der Waals surface area contributed by atoms with E-state index in [1.165, 1.54) is 0 Å². The van der Waals surface area contributed by atoms with E-state index >= 15 is 0 Å².